The van der Waals surface area contributed by atoms with Gasteiger partial charge in [-0.15, -0.1) is 12.8 Å². The molecule has 4 aromatic heterocycles. The molecule has 0 amide bonds. The van der Waals surface area contributed by atoms with Crippen molar-refractivity contribution in [1.82, 2.24) is 39.0 Å². The van der Waals surface area contributed by atoms with Gasteiger partial charge in [0.25, 0.3) is 0 Å². The maximum absolute atomic E-state index is 10.6. The van der Waals surface area contributed by atoms with E-state index in [0.29, 0.717) is 28.7 Å². The molecular weight excluding hydrogens is 552 g/mol. The molecule has 15 heteroatoms. The topological polar surface area (TPSA) is 230 Å². The lowest BCUT2D eigenvalue weighted by atomic mass is 9.85. The number of hydrogen-bond donors (Lipinski definition) is 5. The number of rotatable bonds is 4. The van der Waals surface area contributed by atoms with E-state index in [2.05, 4.69) is 48.7 Å². The van der Waals surface area contributed by atoms with Crippen LogP contribution in [0.15, 0.2) is 12.7 Å². The minimum atomic E-state index is -0.829. The molecular formula is C28H36N12O3. The second kappa shape index (κ2) is 10.9. The van der Waals surface area contributed by atoms with E-state index >= 15 is 0 Å². The first-order chi connectivity index (χ1) is 20.4. The molecule has 0 radical (unpaired) electrons. The summed E-state index contributed by atoms with van der Waals surface area (Å²) in [5.74, 6) is 6.08. The summed E-state index contributed by atoms with van der Waals surface area (Å²) in [5, 5.41) is 10.6. The Morgan fingerprint density at radius 2 is 1.37 bits per heavy atom. The summed E-state index contributed by atoms with van der Waals surface area (Å²) in [6, 6.07) is 0. The maximum atomic E-state index is 10.6. The molecule has 2 saturated heterocycles. The van der Waals surface area contributed by atoms with Crippen LogP contribution in [-0.4, -0.2) is 61.5 Å². The van der Waals surface area contributed by atoms with Crippen LogP contribution < -0.4 is 22.9 Å². The lowest BCUT2D eigenvalue weighted by Crippen LogP contribution is -2.34. The summed E-state index contributed by atoms with van der Waals surface area (Å²) in [5.41, 5.74) is 23.5. The van der Waals surface area contributed by atoms with Crippen LogP contribution in [0.4, 0.5) is 23.5 Å². The SMILES string of the molecule is C#C[C@]1(CC)O[C@@H](n2cnc3c(N)nc(N)nc32)C(O)C1C.C#C[C@]1(CC)O[C@@H](n2cnc3c(N)nc(N)nc32)CC1C. The Labute approximate surface area is 248 Å². The predicted molar refractivity (Wildman–Crippen MR) is 161 cm³/mol. The number of anilines is 4. The number of aromatic nitrogens is 8. The Morgan fingerprint density at radius 1 is 0.860 bits per heavy atom. The number of imidazole rings is 2. The van der Waals surface area contributed by atoms with E-state index in [4.69, 9.17) is 45.3 Å². The van der Waals surface area contributed by atoms with Crippen molar-refractivity contribution in [2.75, 3.05) is 22.9 Å². The molecule has 7 atom stereocenters. The van der Waals surface area contributed by atoms with Crippen LogP contribution in [0, 0.1) is 36.5 Å². The van der Waals surface area contributed by atoms with E-state index in [-0.39, 0.29) is 41.6 Å². The standard InChI is InChI=1S/C14H18N6O2.C14H18N6O/c1-4-14(5-2)7(3)9(21)12(22-14)20-6-17-8-10(15)18-13(16)19-11(8)20;1-4-14(5-2)8(3)6-9(21-14)20-7-17-10-11(15)18-13(16)19-12(10)20/h1,6-7,9,12,21H,5H2,2-3H3,(H4,15,16,18,19);1,7-9H,5-6H2,2-3H3,(H4,15,16,18,19)/t7?,9?,12-,14-;8?,9-,14-/m11/s1. The number of nitrogens with zero attached hydrogens (tertiary/aromatic N) is 8. The van der Waals surface area contributed by atoms with E-state index in [1.165, 1.54) is 6.33 Å². The summed E-state index contributed by atoms with van der Waals surface area (Å²) in [4.78, 5) is 24.6. The fourth-order valence-corrected chi connectivity index (χ4v) is 5.90. The summed E-state index contributed by atoms with van der Waals surface area (Å²) in [6.45, 7) is 7.92. The number of hydrogen-bond acceptors (Lipinski definition) is 13. The number of fused-ring (bicyclic) bond motifs is 2. The predicted octanol–water partition coefficient (Wildman–Crippen LogP) is 1.63. The van der Waals surface area contributed by atoms with Crippen molar-refractivity contribution in [3.8, 4) is 24.7 Å². The average Bonchev–Trinajstić information content (AvgIpc) is 3.73. The van der Waals surface area contributed by atoms with Crippen molar-refractivity contribution >= 4 is 45.9 Å². The fourth-order valence-electron chi connectivity index (χ4n) is 5.90. The summed E-state index contributed by atoms with van der Waals surface area (Å²) in [6.07, 6.45) is 14.9. The summed E-state index contributed by atoms with van der Waals surface area (Å²) < 4.78 is 15.6. The van der Waals surface area contributed by atoms with Gasteiger partial charge in [0.1, 0.15) is 34.6 Å². The van der Waals surface area contributed by atoms with Crippen molar-refractivity contribution in [2.45, 2.75) is 76.7 Å². The van der Waals surface area contributed by atoms with E-state index in [9.17, 15) is 5.11 Å². The highest BCUT2D eigenvalue weighted by atomic mass is 16.5. The molecule has 6 rings (SSSR count). The number of ether oxygens (including phenoxy) is 2. The van der Waals surface area contributed by atoms with Crippen LogP contribution >= 0.6 is 0 Å². The van der Waals surface area contributed by atoms with Crippen LogP contribution in [0.2, 0.25) is 0 Å². The normalized spacial score (nSPS) is 30.2. The van der Waals surface area contributed by atoms with Gasteiger partial charge in [-0.3, -0.25) is 9.13 Å². The van der Waals surface area contributed by atoms with E-state index in [1.807, 2.05) is 25.3 Å². The van der Waals surface area contributed by atoms with Gasteiger partial charge in [-0.25, -0.2) is 9.97 Å². The molecule has 9 N–H and O–H groups in total. The monoisotopic (exact) mass is 588 g/mol. The molecule has 0 aromatic carbocycles. The molecule has 2 aliphatic rings. The van der Waals surface area contributed by atoms with Crippen molar-refractivity contribution in [3.05, 3.63) is 12.7 Å². The zero-order valence-electron chi connectivity index (χ0n) is 24.5. The molecule has 2 aliphatic heterocycles. The Kier molecular flexibility index (Phi) is 7.52. The molecule has 3 unspecified atom stereocenters. The van der Waals surface area contributed by atoms with Gasteiger partial charge in [0.15, 0.2) is 29.2 Å². The Bertz CT molecular complexity index is 1760. The minimum Gasteiger partial charge on any atom is -0.388 e. The van der Waals surface area contributed by atoms with Crippen molar-refractivity contribution in [3.63, 3.8) is 0 Å². The van der Waals surface area contributed by atoms with Crippen molar-refractivity contribution in [2.24, 2.45) is 11.8 Å². The van der Waals surface area contributed by atoms with Crippen molar-refractivity contribution in [1.29, 1.82) is 0 Å². The van der Waals surface area contributed by atoms with Crippen LogP contribution in [0.5, 0.6) is 0 Å². The first kappa shape index (κ1) is 29.8. The number of nitrogens with two attached hydrogens (primary N) is 4. The molecule has 43 heavy (non-hydrogen) atoms. The van der Waals surface area contributed by atoms with Gasteiger partial charge in [0, 0.05) is 11.8 Å². The van der Waals surface area contributed by atoms with Gasteiger partial charge in [0.05, 0.1) is 12.7 Å². The van der Waals surface area contributed by atoms with Crippen molar-refractivity contribution < 1.29 is 14.6 Å². The first-order valence-electron chi connectivity index (χ1n) is 13.9. The van der Waals surface area contributed by atoms with Gasteiger partial charge in [-0.05, 0) is 19.3 Å². The molecule has 0 aliphatic carbocycles. The molecule has 0 saturated carbocycles. The van der Waals surface area contributed by atoms with Gasteiger partial charge in [-0.1, -0.05) is 39.5 Å². The van der Waals surface area contributed by atoms with Crippen LogP contribution in [0.1, 0.15) is 59.4 Å². The van der Waals surface area contributed by atoms with Gasteiger partial charge >= 0.3 is 0 Å². The Hall–Kier alpha value is -4.70. The highest BCUT2D eigenvalue weighted by Gasteiger charge is 2.51. The Morgan fingerprint density at radius 3 is 1.84 bits per heavy atom. The molecule has 4 aromatic rings. The largest absolute Gasteiger partial charge is 0.388 e. The third-order valence-corrected chi connectivity index (χ3v) is 8.62. The second-order valence-corrected chi connectivity index (χ2v) is 10.9. The number of aliphatic hydroxyl groups is 1. The number of aliphatic hydroxyl groups excluding tert-OH is 1. The average molecular weight is 589 g/mol. The highest BCUT2D eigenvalue weighted by Crippen LogP contribution is 2.45. The van der Waals surface area contributed by atoms with Gasteiger partial charge < -0.3 is 37.5 Å². The number of nitrogen functional groups attached to an aromatic ring is 4. The summed E-state index contributed by atoms with van der Waals surface area (Å²) >= 11 is 0. The minimum absolute atomic E-state index is 0.0333. The second-order valence-electron chi connectivity index (χ2n) is 10.9. The first-order valence-corrected chi connectivity index (χ1v) is 13.9. The van der Waals surface area contributed by atoms with E-state index in [0.717, 1.165) is 12.8 Å². The zero-order chi connectivity index (χ0) is 31.3. The van der Waals surface area contributed by atoms with Crippen LogP contribution in [-0.2, 0) is 9.47 Å². The smallest absolute Gasteiger partial charge is 0.224 e. The molecule has 226 valence electrons. The molecule has 6 heterocycles. The van der Waals surface area contributed by atoms with Gasteiger partial charge in [0.2, 0.25) is 11.9 Å². The molecule has 0 spiro atoms. The molecule has 0 bridgehead atoms. The van der Waals surface area contributed by atoms with Crippen LogP contribution in [0.25, 0.3) is 22.3 Å². The third kappa shape index (κ3) is 4.71. The highest BCUT2D eigenvalue weighted by molar-refractivity contribution is 5.83. The number of terminal acetylenes is 2. The van der Waals surface area contributed by atoms with Crippen LogP contribution in [0.3, 0.4) is 0 Å². The lowest BCUT2D eigenvalue weighted by molar-refractivity contribution is -0.0636. The quantitative estimate of drug-likeness (QED) is 0.214. The van der Waals surface area contributed by atoms with E-state index < -0.39 is 23.5 Å². The molecule has 2 fully saturated rings. The summed E-state index contributed by atoms with van der Waals surface area (Å²) in [7, 11) is 0. The molecule has 15 nitrogen and oxygen atoms in total. The van der Waals surface area contributed by atoms with Gasteiger partial charge in [-0.2, -0.15) is 19.9 Å². The third-order valence-electron chi connectivity index (χ3n) is 8.62. The maximum Gasteiger partial charge on any atom is 0.224 e. The zero-order valence-corrected chi connectivity index (χ0v) is 24.5. The lowest BCUT2D eigenvalue weighted by Gasteiger charge is -2.25. The van der Waals surface area contributed by atoms with E-state index in [1.54, 1.807) is 10.9 Å². The fraction of sp³-hybridized carbons (Fsp3) is 0.500. The Balaban J connectivity index is 0.000000171.